The topological polar surface area (TPSA) is 101 Å². The Kier molecular flexibility index (Phi) is 6.51. The standard InChI is InChI=1S/C23H32N4O4S/c1-16-13-23(5,6)27(14-16)20-17(9-8-12-24-20)21(28)26-32(29,30)19-11-7-10-18(25-19)31-15-22(2,3)4/h7-12,16H,13-15H2,1-6H3,(H,26,28). The number of sulfonamides is 1. The van der Waals surface area contributed by atoms with E-state index in [9.17, 15) is 13.2 Å². The molecule has 9 heteroatoms. The molecule has 0 radical (unpaired) electrons. The zero-order valence-electron chi connectivity index (χ0n) is 19.5. The van der Waals surface area contributed by atoms with Crippen LogP contribution < -0.4 is 14.4 Å². The fourth-order valence-electron chi connectivity index (χ4n) is 3.89. The van der Waals surface area contributed by atoms with Crippen LogP contribution in [0.25, 0.3) is 0 Å². The maximum absolute atomic E-state index is 13.0. The normalized spacial score (nSPS) is 18.4. The molecule has 1 unspecified atom stereocenters. The first-order valence-electron chi connectivity index (χ1n) is 10.7. The minimum absolute atomic E-state index is 0.109. The summed E-state index contributed by atoms with van der Waals surface area (Å²) in [6, 6.07) is 7.66. The van der Waals surface area contributed by atoms with E-state index >= 15 is 0 Å². The molecule has 3 rings (SSSR count). The Balaban J connectivity index is 1.84. The molecule has 1 amide bonds. The van der Waals surface area contributed by atoms with Crippen LogP contribution in [-0.4, -0.2) is 43.0 Å². The Bertz CT molecular complexity index is 1090. The lowest BCUT2D eigenvalue weighted by Crippen LogP contribution is -2.41. The van der Waals surface area contributed by atoms with Crippen LogP contribution >= 0.6 is 0 Å². The maximum Gasteiger partial charge on any atom is 0.281 e. The lowest BCUT2D eigenvalue weighted by atomic mass is 9.97. The summed E-state index contributed by atoms with van der Waals surface area (Å²) in [6.07, 6.45) is 2.56. The molecule has 0 saturated carbocycles. The highest BCUT2D eigenvalue weighted by Crippen LogP contribution is 2.37. The molecule has 0 aromatic carbocycles. The molecule has 8 nitrogen and oxygen atoms in total. The number of pyridine rings is 2. The van der Waals surface area contributed by atoms with Gasteiger partial charge < -0.3 is 9.64 Å². The van der Waals surface area contributed by atoms with Crippen molar-refractivity contribution < 1.29 is 17.9 Å². The van der Waals surface area contributed by atoms with E-state index in [2.05, 4.69) is 40.4 Å². The SMILES string of the molecule is CC1CN(c2ncccc2C(=O)NS(=O)(=O)c2cccc(OCC(C)(C)C)n2)C(C)(C)C1. The summed E-state index contributed by atoms with van der Waals surface area (Å²) in [6.45, 7) is 13.5. The third-order valence-electron chi connectivity index (χ3n) is 5.21. The van der Waals surface area contributed by atoms with Gasteiger partial charge in [-0.1, -0.05) is 33.8 Å². The zero-order valence-corrected chi connectivity index (χ0v) is 20.4. The first-order valence-corrected chi connectivity index (χ1v) is 12.2. The van der Waals surface area contributed by atoms with Crippen LogP contribution in [0.4, 0.5) is 5.82 Å². The van der Waals surface area contributed by atoms with Crippen molar-refractivity contribution in [2.75, 3.05) is 18.1 Å². The smallest absolute Gasteiger partial charge is 0.281 e. The van der Waals surface area contributed by atoms with E-state index in [4.69, 9.17) is 4.74 Å². The predicted octanol–water partition coefficient (Wildman–Crippen LogP) is 3.65. The van der Waals surface area contributed by atoms with E-state index in [-0.39, 0.29) is 27.4 Å². The fourth-order valence-corrected chi connectivity index (χ4v) is 4.82. The number of ether oxygens (including phenoxy) is 1. The van der Waals surface area contributed by atoms with Crippen molar-refractivity contribution in [1.29, 1.82) is 0 Å². The zero-order chi connectivity index (χ0) is 23.7. The summed E-state index contributed by atoms with van der Waals surface area (Å²) in [5.74, 6) is 0.354. The largest absolute Gasteiger partial charge is 0.477 e. The highest BCUT2D eigenvalue weighted by Gasteiger charge is 2.39. The molecule has 174 valence electrons. The number of hydrogen-bond donors (Lipinski definition) is 1. The molecule has 1 aliphatic rings. The number of carbonyl (C=O) groups excluding carboxylic acids is 1. The average molecular weight is 461 g/mol. The molecule has 1 fully saturated rings. The second kappa shape index (κ2) is 8.69. The van der Waals surface area contributed by atoms with Crippen LogP contribution in [0.1, 0.15) is 58.3 Å². The van der Waals surface area contributed by atoms with Crippen LogP contribution in [-0.2, 0) is 10.0 Å². The van der Waals surface area contributed by atoms with E-state index in [1.165, 1.54) is 12.1 Å². The van der Waals surface area contributed by atoms with Gasteiger partial charge in [0.2, 0.25) is 5.88 Å². The van der Waals surface area contributed by atoms with Gasteiger partial charge in [-0.2, -0.15) is 13.4 Å². The number of hydrogen-bond acceptors (Lipinski definition) is 7. The van der Waals surface area contributed by atoms with Crippen molar-refractivity contribution >= 4 is 21.7 Å². The summed E-state index contributed by atoms with van der Waals surface area (Å²) >= 11 is 0. The van der Waals surface area contributed by atoms with Gasteiger partial charge in [-0.3, -0.25) is 4.79 Å². The highest BCUT2D eigenvalue weighted by atomic mass is 32.2. The molecule has 3 heterocycles. The first kappa shape index (κ1) is 24.0. The molecule has 1 aliphatic heterocycles. The maximum atomic E-state index is 13.0. The number of rotatable bonds is 6. The van der Waals surface area contributed by atoms with Crippen LogP contribution in [0, 0.1) is 11.3 Å². The van der Waals surface area contributed by atoms with Gasteiger partial charge in [-0.05, 0) is 49.8 Å². The molecule has 2 aromatic rings. The summed E-state index contributed by atoms with van der Waals surface area (Å²) in [5.41, 5.74) is -0.0945. The van der Waals surface area contributed by atoms with Gasteiger partial charge in [0.05, 0.1) is 12.2 Å². The number of aromatic nitrogens is 2. The first-order chi connectivity index (χ1) is 14.8. The fraction of sp³-hybridized carbons (Fsp3) is 0.522. The molecule has 1 N–H and O–H groups in total. The third-order valence-corrected chi connectivity index (χ3v) is 6.45. The summed E-state index contributed by atoms with van der Waals surface area (Å²) in [5, 5.41) is -0.280. The molecular weight excluding hydrogens is 428 g/mol. The minimum atomic E-state index is -4.20. The second-order valence-electron chi connectivity index (χ2n) is 10.2. The van der Waals surface area contributed by atoms with Gasteiger partial charge in [-0.15, -0.1) is 0 Å². The Hall–Kier alpha value is -2.68. The van der Waals surface area contributed by atoms with Crippen LogP contribution in [0.3, 0.4) is 0 Å². The Morgan fingerprint density at radius 3 is 2.59 bits per heavy atom. The van der Waals surface area contributed by atoms with Crippen molar-refractivity contribution in [1.82, 2.24) is 14.7 Å². The quantitative estimate of drug-likeness (QED) is 0.702. The predicted molar refractivity (Wildman–Crippen MR) is 123 cm³/mol. The molecule has 0 spiro atoms. The second-order valence-corrected chi connectivity index (χ2v) is 11.8. The molecule has 0 bridgehead atoms. The van der Waals surface area contributed by atoms with Gasteiger partial charge in [0, 0.05) is 24.3 Å². The number of nitrogens with zero attached hydrogens (tertiary/aromatic N) is 3. The van der Waals surface area contributed by atoms with Crippen molar-refractivity contribution in [3.8, 4) is 5.88 Å². The lowest BCUT2D eigenvalue weighted by Gasteiger charge is -2.33. The van der Waals surface area contributed by atoms with E-state index in [1.807, 2.05) is 20.8 Å². The van der Waals surface area contributed by atoms with Crippen molar-refractivity contribution in [3.63, 3.8) is 0 Å². The van der Waals surface area contributed by atoms with Gasteiger partial charge in [0.1, 0.15) is 5.82 Å². The van der Waals surface area contributed by atoms with Gasteiger partial charge in [0.15, 0.2) is 5.03 Å². The number of anilines is 1. The van der Waals surface area contributed by atoms with Crippen molar-refractivity contribution in [2.45, 2.75) is 58.5 Å². The molecule has 1 atom stereocenters. The van der Waals surface area contributed by atoms with E-state index in [0.717, 1.165) is 13.0 Å². The van der Waals surface area contributed by atoms with Crippen LogP contribution in [0.5, 0.6) is 5.88 Å². The Labute approximate surface area is 190 Å². The lowest BCUT2D eigenvalue weighted by molar-refractivity contribution is 0.0981. The molecule has 32 heavy (non-hydrogen) atoms. The Morgan fingerprint density at radius 1 is 1.25 bits per heavy atom. The highest BCUT2D eigenvalue weighted by molar-refractivity contribution is 7.90. The van der Waals surface area contributed by atoms with Crippen LogP contribution in [0.15, 0.2) is 41.6 Å². The summed E-state index contributed by atoms with van der Waals surface area (Å²) < 4.78 is 33.5. The Morgan fingerprint density at radius 2 is 1.97 bits per heavy atom. The van der Waals surface area contributed by atoms with E-state index < -0.39 is 15.9 Å². The summed E-state index contributed by atoms with van der Waals surface area (Å²) in [7, 11) is -4.20. The molecule has 0 aliphatic carbocycles. The summed E-state index contributed by atoms with van der Waals surface area (Å²) in [4.78, 5) is 23.6. The van der Waals surface area contributed by atoms with Crippen LogP contribution in [0.2, 0.25) is 0 Å². The number of carbonyl (C=O) groups is 1. The minimum Gasteiger partial charge on any atom is -0.477 e. The van der Waals surface area contributed by atoms with Crippen molar-refractivity contribution in [2.24, 2.45) is 11.3 Å². The molecule has 1 saturated heterocycles. The number of nitrogens with one attached hydrogen (secondary N) is 1. The van der Waals surface area contributed by atoms with Gasteiger partial charge >= 0.3 is 0 Å². The van der Waals surface area contributed by atoms with Gasteiger partial charge in [0.25, 0.3) is 15.9 Å². The average Bonchev–Trinajstić information content (AvgIpc) is 2.97. The molecular formula is C23H32N4O4S. The third kappa shape index (κ3) is 5.56. The molecule has 2 aromatic heterocycles. The van der Waals surface area contributed by atoms with E-state index in [1.54, 1.807) is 24.4 Å². The van der Waals surface area contributed by atoms with E-state index in [0.29, 0.717) is 18.3 Å². The monoisotopic (exact) mass is 460 g/mol. The van der Waals surface area contributed by atoms with Crippen molar-refractivity contribution in [3.05, 3.63) is 42.1 Å². The number of amides is 1. The van der Waals surface area contributed by atoms with Gasteiger partial charge in [-0.25, -0.2) is 9.71 Å².